The third kappa shape index (κ3) is 3.87. The molecule has 0 bridgehead atoms. The van der Waals surface area contributed by atoms with Crippen LogP contribution in [0.4, 0.5) is 5.13 Å². The predicted octanol–water partition coefficient (Wildman–Crippen LogP) is 1.10. The number of fused-ring (bicyclic) bond motifs is 1. The number of aryl methyl sites for hydroxylation is 3. The number of anilines is 1. The first-order chi connectivity index (χ1) is 12.9. The molecule has 0 saturated carbocycles. The fourth-order valence-corrected chi connectivity index (χ4v) is 3.34. The van der Waals surface area contributed by atoms with E-state index in [4.69, 9.17) is 4.74 Å². The third-order valence-corrected chi connectivity index (χ3v) is 4.85. The summed E-state index contributed by atoms with van der Waals surface area (Å²) in [6.45, 7) is 3.82. The summed E-state index contributed by atoms with van der Waals surface area (Å²) >= 11 is 1.06. The van der Waals surface area contributed by atoms with Crippen LogP contribution in [0.3, 0.4) is 0 Å². The summed E-state index contributed by atoms with van der Waals surface area (Å²) in [5.74, 6) is -0.784. The average molecular weight is 390 g/mol. The van der Waals surface area contributed by atoms with E-state index in [0.717, 1.165) is 11.3 Å². The Morgan fingerprint density at radius 3 is 2.89 bits per heavy atom. The number of nitrogens with one attached hydrogen (secondary N) is 1. The summed E-state index contributed by atoms with van der Waals surface area (Å²) in [5, 5.41) is 7.35. The lowest BCUT2D eigenvalue weighted by molar-refractivity contribution is -0.116. The van der Waals surface area contributed by atoms with E-state index in [1.165, 1.54) is 21.8 Å². The van der Waals surface area contributed by atoms with E-state index in [1.54, 1.807) is 20.9 Å². The molecule has 0 fully saturated rings. The topological polar surface area (TPSA) is 121 Å². The molecule has 3 heterocycles. The Morgan fingerprint density at radius 2 is 2.15 bits per heavy atom. The molecule has 0 saturated heterocycles. The van der Waals surface area contributed by atoms with Gasteiger partial charge in [-0.2, -0.15) is 5.10 Å². The Labute approximate surface area is 157 Å². The summed E-state index contributed by atoms with van der Waals surface area (Å²) in [5.41, 5.74) is 0.734. The van der Waals surface area contributed by atoms with Gasteiger partial charge in [-0.25, -0.2) is 14.8 Å². The number of carbonyl (C=O) groups excluding carboxylic acids is 2. The SMILES string of the molecule is CCOC(=O)c1sc(NC(=O)CCn2cnc3c(cnn3C)c2=O)nc1C. The van der Waals surface area contributed by atoms with Crippen LogP contribution in [-0.2, 0) is 23.1 Å². The Bertz CT molecular complexity index is 1070. The van der Waals surface area contributed by atoms with Gasteiger partial charge in [-0.15, -0.1) is 0 Å². The summed E-state index contributed by atoms with van der Waals surface area (Å²) < 4.78 is 7.82. The van der Waals surface area contributed by atoms with Gasteiger partial charge in [0.1, 0.15) is 10.3 Å². The maximum atomic E-state index is 12.4. The molecule has 3 aromatic heterocycles. The molecule has 10 nitrogen and oxygen atoms in total. The van der Waals surface area contributed by atoms with Crippen molar-refractivity contribution in [1.82, 2.24) is 24.3 Å². The maximum absolute atomic E-state index is 12.4. The molecule has 1 N–H and O–H groups in total. The van der Waals surface area contributed by atoms with Crippen LogP contribution < -0.4 is 10.9 Å². The van der Waals surface area contributed by atoms with E-state index >= 15 is 0 Å². The number of nitrogens with zero attached hydrogens (tertiary/aromatic N) is 5. The fourth-order valence-electron chi connectivity index (χ4n) is 2.47. The van der Waals surface area contributed by atoms with Gasteiger partial charge in [0.25, 0.3) is 5.56 Å². The Balaban J connectivity index is 1.65. The van der Waals surface area contributed by atoms with Crippen molar-refractivity contribution in [3.8, 4) is 0 Å². The van der Waals surface area contributed by atoms with Gasteiger partial charge < -0.3 is 10.1 Å². The minimum atomic E-state index is -0.463. The molecule has 142 valence electrons. The highest BCUT2D eigenvalue weighted by atomic mass is 32.1. The van der Waals surface area contributed by atoms with E-state index < -0.39 is 5.97 Å². The van der Waals surface area contributed by atoms with E-state index in [-0.39, 0.29) is 31.0 Å². The van der Waals surface area contributed by atoms with Crippen molar-refractivity contribution in [3.63, 3.8) is 0 Å². The Kier molecular flexibility index (Phi) is 5.31. The molecule has 0 spiro atoms. The first kappa shape index (κ1) is 18.7. The van der Waals surface area contributed by atoms with Gasteiger partial charge in [0, 0.05) is 20.0 Å². The van der Waals surface area contributed by atoms with Crippen molar-refractivity contribution < 1.29 is 14.3 Å². The number of rotatable bonds is 6. The number of aromatic nitrogens is 5. The summed E-state index contributed by atoms with van der Waals surface area (Å²) in [7, 11) is 1.70. The predicted molar refractivity (Wildman–Crippen MR) is 98.8 cm³/mol. The van der Waals surface area contributed by atoms with Gasteiger partial charge in [0.15, 0.2) is 10.8 Å². The summed E-state index contributed by atoms with van der Waals surface area (Å²) in [6, 6.07) is 0. The van der Waals surface area contributed by atoms with Crippen LogP contribution in [0.25, 0.3) is 11.0 Å². The van der Waals surface area contributed by atoms with Gasteiger partial charge in [-0.3, -0.25) is 18.8 Å². The molecule has 0 aliphatic carbocycles. The molecule has 1 amide bonds. The highest BCUT2D eigenvalue weighted by Gasteiger charge is 2.17. The van der Waals surface area contributed by atoms with Gasteiger partial charge in [-0.1, -0.05) is 11.3 Å². The molecule has 3 aromatic rings. The van der Waals surface area contributed by atoms with Crippen LogP contribution >= 0.6 is 11.3 Å². The molecule has 0 radical (unpaired) electrons. The summed E-state index contributed by atoms with van der Waals surface area (Å²) in [4.78, 5) is 45.1. The summed E-state index contributed by atoms with van der Waals surface area (Å²) in [6.07, 6.45) is 2.91. The van der Waals surface area contributed by atoms with Crippen molar-refractivity contribution in [2.45, 2.75) is 26.8 Å². The Hall–Kier alpha value is -3.08. The molecule has 0 aliphatic rings. The van der Waals surface area contributed by atoms with E-state index in [9.17, 15) is 14.4 Å². The van der Waals surface area contributed by atoms with Crippen molar-refractivity contribution >= 4 is 39.4 Å². The average Bonchev–Trinajstić information content (AvgIpc) is 3.18. The highest BCUT2D eigenvalue weighted by Crippen LogP contribution is 2.23. The van der Waals surface area contributed by atoms with Gasteiger partial charge in [0.05, 0.1) is 24.8 Å². The van der Waals surface area contributed by atoms with E-state index in [1.807, 2.05) is 0 Å². The second kappa shape index (κ2) is 7.66. The fraction of sp³-hybridized carbons (Fsp3) is 0.375. The zero-order valence-electron chi connectivity index (χ0n) is 15.1. The maximum Gasteiger partial charge on any atom is 0.350 e. The number of esters is 1. The van der Waals surface area contributed by atoms with Crippen molar-refractivity contribution in [2.75, 3.05) is 11.9 Å². The van der Waals surface area contributed by atoms with Crippen molar-refractivity contribution in [3.05, 3.63) is 33.4 Å². The zero-order valence-corrected chi connectivity index (χ0v) is 15.9. The first-order valence-electron chi connectivity index (χ1n) is 8.22. The third-order valence-electron chi connectivity index (χ3n) is 3.80. The number of thiazole rings is 1. The second-order valence-corrected chi connectivity index (χ2v) is 6.70. The monoisotopic (exact) mass is 390 g/mol. The highest BCUT2D eigenvalue weighted by molar-refractivity contribution is 7.17. The molecule has 0 atom stereocenters. The van der Waals surface area contributed by atoms with Crippen LogP contribution in [0.15, 0.2) is 17.3 Å². The van der Waals surface area contributed by atoms with Crippen LogP contribution in [0.5, 0.6) is 0 Å². The van der Waals surface area contributed by atoms with Gasteiger partial charge in [0.2, 0.25) is 5.91 Å². The molecular weight excluding hydrogens is 372 g/mol. The molecule has 11 heteroatoms. The second-order valence-electron chi connectivity index (χ2n) is 5.70. The normalized spacial score (nSPS) is 10.9. The molecule has 0 aliphatic heterocycles. The van der Waals surface area contributed by atoms with E-state index in [2.05, 4.69) is 20.4 Å². The number of ether oxygens (including phenoxy) is 1. The van der Waals surface area contributed by atoms with E-state index in [0.29, 0.717) is 26.7 Å². The quantitative estimate of drug-likeness (QED) is 0.626. The van der Waals surface area contributed by atoms with Crippen LogP contribution in [-0.4, -0.2) is 42.8 Å². The largest absolute Gasteiger partial charge is 0.462 e. The molecular formula is C16H18N6O4S. The van der Waals surface area contributed by atoms with Crippen molar-refractivity contribution in [1.29, 1.82) is 0 Å². The molecule has 0 unspecified atom stereocenters. The minimum absolute atomic E-state index is 0.0563. The first-order valence-corrected chi connectivity index (χ1v) is 9.04. The van der Waals surface area contributed by atoms with Crippen LogP contribution in [0.1, 0.15) is 28.7 Å². The lowest BCUT2D eigenvalue weighted by atomic mass is 10.3. The van der Waals surface area contributed by atoms with Crippen LogP contribution in [0.2, 0.25) is 0 Å². The molecule has 3 rings (SSSR count). The van der Waals surface area contributed by atoms with Gasteiger partial charge >= 0.3 is 5.97 Å². The molecule has 0 aromatic carbocycles. The lowest BCUT2D eigenvalue weighted by Crippen LogP contribution is -2.23. The standard InChI is InChI=1S/C16H18N6O4S/c1-4-26-15(25)12-9(2)19-16(27-12)20-11(23)5-6-22-8-17-13-10(14(22)24)7-18-21(13)3/h7-8H,4-6H2,1-3H3,(H,19,20,23). The number of amides is 1. The van der Waals surface area contributed by atoms with Gasteiger partial charge in [-0.05, 0) is 13.8 Å². The zero-order chi connectivity index (χ0) is 19.6. The lowest BCUT2D eigenvalue weighted by Gasteiger charge is -2.05. The Morgan fingerprint density at radius 1 is 1.37 bits per heavy atom. The smallest absolute Gasteiger partial charge is 0.350 e. The number of carbonyl (C=O) groups is 2. The number of hydrogen-bond acceptors (Lipinski definition) is 8. The molecule has 27 heavy (non-hydrogen) atoms. The number of hydrogen-bond donors (Lipinski definition) is 1. The van der Waals surface area contributed by atoms with Crippen LogP contribution in [0, 0.1) is 6.92 Å². The van der Waals surface area contributed by atoms with Crippen molar-refractivity contribution in [2.24, 2.45) is 7.05 Å². The minimum Gasteiger partial charge on any atom is -0.462 e.